The summed E-state index contributed by atoms with van der Waals surface area (Å²) in [7, 11) is 0. The normalized spacial score (nSPS) is 11.0. The van der Waals surface area contributed by atoms with Crippen molar-refractivity contribution >= 4 is 17.8 Å². The third-order valence-corrected chi connectivity index (χ3v) is 4.05. The quantitative estimate of drug-likeness (QED) is 0.538. The zero-order chi connectivity index (χ0) is 18.8. The van der Waals surface area contributed by atoms with Gasteiger partial charge in [-0.2, -0.15) is 13.2 Å². The van der Waals surface area contributed by atoms with Crippen LogP contribution in [0.4, 0.5) is 18.0 Å². The summed E-state index contributed by atoms with van der Waals surface area (Å²) < 4.78 is 40.7. The van der Waals surface area contributed by atoms with E-state index in [4.69, 9.17) is 0 Å². The van der Waals surface area contributed by atoms with Gasteiger partial charge >= 0.3 is 12.2 Å². The van der Waals surface area contributed by atoms with Crippen molar-refractivity contribution in [2.45, 2.75) is 17.6 Å². The van der Waals surface area contributed by atoms with Crippen molar-refractivity contribution < 1.29 is 22.7 Å². The van der Waals surface area contributed by atoms with Gasteiger partial charge in [0.1, 0.15) is 0 Å². The van der Waals surface area contributed by atoms with E-state index >= 15 is 0 Å². The van der Waals surface area contributed by atoms with Gasteiger partial charge < -0.3 is 15.4 Å². The van der Waals surface area contributed by atoms with E-state index in [2.05, 4.69) is 20.4 Å². The van der Waals surface area contributed by atoms with Crippen LogP contribution in [0.5, 0.6) is 5.88 Å². The van der Waals surface area contributed by atoms with E-state index in [1.165, 1.54) is 12.3 Å². The fourth-order valence-electron chi connectivity index (χ4n) is 1.85. The number of nitrogens with zero attached hydrogens (tertiary/aromatic N) is 1. The highest BCUT2D eigenvalue weighted by Crippen LogP contribution is 2.17. The number of urea groups is 1. The summed E-state index contributed by atoms with van der Waals surface area (Å²) in [6.45, 7) is -0.668. The molecule has 0 radical (unpaired) electrons. The van der Waals surface area contributed by atoms with Gasteiger partial charge in [0.25, 0.3) is 0 Å². The molecule has 0 unspecified atom stereocenters. The second-order valence-electron chi connectivity index (χ2n) is 5.18. The number of amides is 2. The third-order valence-electron chi connectivity index (χ3n) is 3.03. The molecule has 0 fully saturated rings. The van der Waals surface area contributed by atoms with E-state index in [9.17, 15) is 18.0 Å². The lowest BCUT2D eigenvalue weighted by Gasteiger charge is -2.09. The zero-order valence-corrected chi connectivity index (χ0v) is 14.6. The molecule has 0 aliphatic rings. The van der Waals surface area contributed by atoms with E-state index in [0.29, 0.717) is 12.1 Å². The molecule has 2 rings (SSSR count). The number of thioether (sulfide) groups is 1. The van der Waals surface area contributed by atoms with Crippen molar-refractivity contribution in [1.29, 1.82) is 0 Å². The number of carbonyl (C=O) groups excluding carboxylic acids is 1. The Labute approximate surface area is 153 Å². The molecule has 2 N–H and O–H groups in total. The second-order valence-corrected chi connectivity index (χ2v) is 6.35. The summed E-state index contributed by atoms with van der Waals surface area (Å²) in [5.41, 5.74) is 0.651. The lowest BCUT2D eigenvalue weighted by atomic mass is 10.3. The Kier molecular flexibility index (Phi) is 7.58. The molecule has 1 aromatic heterocycles. The molecule has 2 amide bonds. The minimum Gasteiger partial charge on any atom is -0.468 e. The first kappa shape index (κ1) is 19.9. The number of rotatable bonds is 8. The summed E-state index contributed by atoms with van der Waals surface area (Å²) in [5, 5.41) is 5.38. The minimum atomic E-state index is -4.40. The highest BCUT2D eigenvalue weighted by atomic mass is 32.2. The topological polar surface area (TPSA) is 63.2 Å². The SMILES string of the molecule is O=C(NCCSc1ccccc1)NCc1ccc(OCC(F)(F)F)nc1. The van der Waals surface area contributed by atoms with Crippen LogP contribution in [0.2, 0.25) is 0 Å². The van der Waals surface area contributed by atoms with E-state index in [-0.39, 0.29) is 18.5 Å². The monoisotopic (exact) mass is 385 g/mol. The number of nitrogens with one attached hydrogen (secondary N) is 2. The molecular weight excluding hydrogens is 367 g/mol. The lowest BCUT2D eigenvalue weighted by Crippen LogP contribution is -2.36. The van der Waals surface area contributed by atoms with E-state index in [1.54, 1.807) is 17.8 Å². The molecule has 2 aromatic rings. The van der Waals surface area contributed by atoms with Crippen molar-refractivity contribution in [2.75, 3.05) is 18.9 Å². The van der Waals surface area contributed by atoms with E-state index in [0.717, 1.165) is 10.6 Å². The molecule has 1 aromatic carbocycles. The molecule has 0 spiro atoms. The molecule has 140 valence electrons. The van der Waals surface area contributed by atoms with Crippen LogP contribution >= 0.6 is 11.8 Å². The summed E-state index contributed by atoms with van der Waals surface area (Å²) in [5.74, 6) is 0.623. The maximum Gasteiger partial charge on any atom is 0.422 e. The van der Waals surface area contributed by atoms with Crippen LogP contribution in [0.3, 0.4) is 0 Å². The maximum absolute atomic E-state index is 12.0. The average molecular weight is 385 g/mol. The molecular formula is C17H18F3N3O2S. The predicted octanol–water partition coefficient (Wildman–Crippen LogP) is 3.61. The molecule has 0 atom stereocenters. The summed E-state index contributed by atoms with van der Waals surface area (Å²) >= 11 is 1.64. The van der Waals surface area contributed by atoms with Gasteiger partial charge in [-0.15, -0.1) is 11.8 Å². The Morgan fingerprint density at radius 1 is 1.12 bits per heavy atom. The van der Waals surface area contributed by atoms with Crippen LogP contribution < -0.4 is 15.4 Å². The minimum absolute atomic E-state index is 0.117. The molecule has 1 heterocycles. The van der Waals surface area contributed by atoms with Gasteiger partial charge in [0, 0.05) is 36.0 Å². The Hall–Kier alpha value is -2.42. The van der Waals surface area contributed by atoms with Crippen molar-refractivity contribution in [1.82, 2.24) is 15.6 Å². The van der Waals surface area contributed by atoms with Gasteiger partial charge in [-0.05, 0) is 17.7 Å². The predicted molar refractivity (Wildman–Crippen MR) is 93.2 cm³/mol. The van der Waals surface area contributed by atoms with Crippen molar-refractivity contribution in [2.24, 2.45) is 0 Å². The van der Waals surface area contributed by atoms with Gasteiger partial charge in [-0.3, -0.25) is 0 Å². The highest BCUT2D eigenvalue weighted by Gasteiger charge is 2.28. The van der Waals surface area contributed by atoms with Crippen LogP contribution in [-0.2, 0) is 6.54 Å². The van der Waals surface area contributed by atoms with Crippen LogP contribution in [0.25, 0.3) is 0 Å². The molecule has 0 aliphatic carbocycles. The summed E-state index contributed by atoms with van der Waals surface area (Å²) in [6.07, 6.45) is -3.05. The average Bonchev–Trinajstić information content (AvgIpc) is 2.63. The lowest BCUT2D eigenvalue weighted by molar-refractivity contribution is -0.154. The first-order valence-corrected chi connectivity index (χ1v) is 8.75. The van der Waals surface area contributed by atoms with Gasteiger partial charge in [0.2, 0.25) is 5.88 Å². The highest BCUT2D eigenvalue weighted by molar-refractivity contribution is 7.99. The number of hydrogen-bond donors (Lipinski definition) is 2. The van der Waals surface area contributed by atoms with Crippen molar-refractivity contribution in [3.63, 3.8) is 0 Å². The number of benzene rings is 1. The smallest absolute Gasteiger partial charge is 0.422 e. The Morgan fingerprint density at radius 2 is 1.88 bits per heavy atom. The van der Waals surface area contributed by atoms with Crippen LogP contribution in [-0.4, -0.2) is 36.1 Å². The zero-order valence-electron chi connectivity index (χ0n) is 13.8. The second kappa shape index (κ2) is 9.91. The largest absolute Gasteiger partial charge is 0.468 e. The number of carbonyl (C=O) groups is 1. The third kappa shape index (κ3) is 8.11. The molecule has 0 saturated heterocycles. The van der Waals surface area contributed by atoms with Crippen molar-refractivity contribution in [3.05, 3.63) is 54.2 Å². The number of ether oxygens (including phenoxy) is 1. The first-order valence-electron chi connectivity index (χ1n) is 7.76. The van der Waals surface area contributed by atoms with Crippen molar-refractivity contribution in [3.8, 4) is 5.88 Å². The number of halogens is 3. The summed E-state index contributed by atoms with van der Waals surface area (Å²) in [6, 6.07) is 12.4. The number of hydrogen-bond acceptors (Lipinski definition) is 4. The van der Waals surface area contributed by atoms with Gasteiger partial charge in [0.05, 0.1) is 0 Å². The Morgan fingerprint density at radius 3 is 2.54 bits per heavy atom. The van der Waals surface area contributed by atoms with Gasteiger partial charge in [-0.25, -0.2) is 9.78 Å². The van der Waals surface area contributed by atoms with E-state index < -0.39 is 12.8 Å². The molecule has 26 heavy (non-hydrogen) atoms. The molecule has 0 bridgehead atoms. The maximum atomic E-state index is 12.0. The molecule has 9 heteroatoms. The number of alkyl halides is 3. The fourth-order valence-corrected chi connectivity index (χ4v) is 2.64. The number of pyridine rings is 1. The van der Waals surface area contributed by atoms with Crippen LogP contribution in [0.1, 0.15) is 5.56 Å². The molecule has 0 saturated carbocycles. The van der Waals surface area contributed by atoms with E-state index in [1.807, 2.05) is 30.3 Å². The molecule has 5 nitrogen and oxygen atoms in total. The standard InChI is InChI=1S/C17H18F3N3O2S/c18-17(19,20)12-25-15-7-6-13(10-22-15)11-23-16(24)21-8-9-26-14-4-2-1-3-5-14/h1-7,10H,8-9,11-12H2,(H2,21,23,24). The molecule has 0 aliphatic heterocycles. The number of aromatic nitrogens is 1. The van der Waals surface area contributed by atoms with Gasteiger partial charge in [-0.1, -0.05) is 24.3 Å². The summed E-state index contributed by atoms with van der Waals surface area (Å²) in [4.78, 5) is 16.6. The first-order chi connectivity index (χ1) is 12.4. The van der Waals surface area contributed by atoms with Gasteiger partial charge in [0.15, 0.2) is 6.61 Å². The fraction of sp³-hybridized carbons (Fsp3) is 0.294. The Balaban J connectivity index is 1.62. The Bertz CT molecular complexity index is 682. The van der Waals surface area contributed by atoms with Crippen LogP contribution in [0.15, 0.2) is 53.6 Å². The van der Waals surface area contributed by atoms with Crippen LogP contribution in [0, 0.1) is 0 Å².